The number of allylic oxidation sites excluding steroid dienone is 4. The van der Waals surface area contributed by atoms with Gasteiger partial charge >= 0.3 is 0 Å². The van der Waals surface area contributed by atoms with Crippen LogP contribution in [0.15, 0.2) is 21.2 Å². The van der Waals surface area contributed by atoms with Gasteiger partial charge in [-0.25, -0.2) is 0 Å². The fraction of sp³-hybridized carbons (Fsp3) is 0.556. The predicted octanol–water partition coefficient (Wildman–Crippen LogP) is 5.61. The van der Waals surface area contributed by atoms with Gasteiger partial charge in [0.15, 0.2) is 4.33 Å². The van der Waals surface area contributed by atoms with Crippen molar-refractivity contribution in [1.82, 2.24) is 0 Å². The van der Waals surface area contributed by atoms with Gasteiger partial charge in [0, 0.05) is 11.8 Å². The van der Waals surface area contributed by atoms with Crippen molar-refractivity contribution in [1.29, 1.82) is 0 Å². The number of halogens is 8. The van der Waals surface area contributed by atoms with Crippen molar-refractivity contribution < 1.29 is 0 Å². The average molecular weight is 396 g/mol. The van der Waals surface area contributed by atoms with Crippen LogP contribution in [0.4, 0.5) is 0 Å². The zero-order valence-electron chi connectivity index (χ0n) is 7.94. The summed E-state index contributed by atoms with van der Waals surface area (Å²) in [4.78, 5) is -2.83. The maximum atomic E-state index is 6.44. The smallest absolute Gasteiger partial charge is 0.122 e. The third-order valence-corrected chi connectivity index (χ3v) is 7.82. The Morgan fingerprint density at radius 2 is 1.00 bits per heavy atom. The van der Waals surface area contributed by atoms with E-state index >= 15 is 0 Å². The summed E-state index contributed by atoms with van der Waals surface area (Å²) < 4.78 is -1.62. The van der Waals surface area contributed by atoms with Crippen molar-refractivity contribution >= 4 is 92.8 Å². The summed E-state index contributed by atoms with van der Waals surface area (Å²) in [5.74, 6) is 0.142. The summed E-state index contributed by atoms with van der Waals surface area (Å²) in [6, 6.07) is 0. The summed E-state index contributed by atoms with van der Waals surface area (Å²) in [5, 5.41) is 0.204. The highest BCUT2D eigenvalue weighted by Gasteiger charge is 2.77. The predicted molar refractivity (Wildman–Crippen MR) is 78.8 cm³/mol. The van der Waals surface area contributed by atoms with Crippen molar-refractivity contribution in [2.24, 2.45) is 0 Å². The lowest BCUT2D eigenvalue weighted by Gasteiger charge is -2.33. The van der Waals surface area contributed by atoms with Gasteiger partial charge < -0.3 is 0 Å². The fourth-order valence-electron chi connectivity index (χ4n) is 2.22. The first-order chi connectivity index (χ1) is 7.71. The Morgan fingerprint density at radius 3 is 1.24 bits per heavy atom. The molecule has 0 N–H and O–H groups in total. The summed E-state index contributed by atoms with van der Waals surface area (Å²) in [5.41, 5.74) is 1.04. The second-order valence-corrected chi connectivity index (χ2v) is 7.50. The molecule has 0 saturated carbocycles. The maximum Gasteiger partial charge on any atom is 0.173 e. The molecular formula is C9H4Cl8. The van der Waals surface area contributed by atoms with Crippen LogP contribution >= 0.6 is 92.8 Å². The Morgan fingerprint density at radius 1 is 0.706 bits per heavy atom. The third-order valence-electron chi connectivity index (χ3n) is 3.13. The third kappa shape index (κ3) is 1.43. The van der Waals surface area contributed by atoms with Gasteiger partial charge in [-0.1, -0.05) is 46.4 Å². The molecule has 0 unspecified atom stereocenters. The highest BCUT2D eigenvalue weighted by molar-refractivity contribution is 6.67. The summed E-state index contributed by atoms with van der Waals surface area (Å²) >= 11 is 49.4. The van der Waals surface area contributed by atoms with Crippen LogP contribution in [0.1, 0.15) is 0 Å². The molecule has 0 spiro atoms. The molecule has 0 heterocycles. The van der Waals surface area contributed by atoms with Gasteiger partial charge in [-0.3, -0.25) is 0 Å². The van der Waals surface area contributed by atoms with Crippen molar-refractivity contribution in [3.05, 3.63) is 21.2 Å². The molecular weight excluding hydrogens is 392 g/mol. The van der Waals surface area contributed by atoms with Gasteiger partial charge in [-0.15, -0.1) is 46.4 Å². The van der Waals surface area contributed by atoms with Gasteiger partial charge in [0.2, 0.25) is 0 Å². The van der Waals surface area contributed by atoms with Gasteiger partial charge in [-0.05, 0) is 11.1 Å². The molecule has 0 aromatic carbocycles. The van der Waals surface area contributed by atoms with Crippen LogP contribution in [-0.4, -0.2) is 25.8 Å². The highest BCUT2D eigenvalue weighted by Crippen LogP contribution is 2.74. The van der Waals surface area contributed by atoms with Crippen LogP contribution in [0, 0.1) is 0 Å². The van der Waals surface area contributed by atoms with Gasteiger partial charge in [0.1, 0.15) is 9.75 Å². The van der Waals surface area contributed by atoms with Crippen LogP contribution in [0.5, 0.6) is 0 Å². The average Bonchev–Trinajstić information content (AvgIpc) is 2.48. The summed E-state index contributed by atoms with van der Waals surface area (Å²) in [6.07, 6.45) is 0. The molecule has 2 bridgehead atoms. The molecule has 0 aliphatic heterocycles. The molecule has 0 aromatic rings. The molecule has 17 heavy (non-hydrogen) atoms. The molecule has 2 rings (SSSR count). The Balaban J connectivity index is 2.81. The molecule has 2 atom stereocenters. The molecule has 0 saturated heterocycles. The zero-order chi connectivity index (χ0) is 13.2. The minimum absolute atomic E-state index is 0.0710. The minimum Gasteiger partial charge on any atom is -0.122 e. The van der Waals surface area contributed by atoms with Crippen LogP contribution in [0.3, 0.4) is 0 Å². The number of alkyl halides is 6. The molecule has 8 heteroatoms. The van der Waals surface area contributed by atoms with E-state index in [9.17, 15) is 0 Å². The van der Waals surface area contributed by atoms with Crippen molar-refractivity contribution in [2.75, 3.05) is 11.8 Å². The first-order valence-corrected chi connectivity index (χ1v) is 7.71. The second kappa shape index (κ2) is 4.40. The topological polar surface area (TPSA) is 0 Å². The zero-order valence-corrected chi connectivity index (χ0v) is 14.0. The summed E-state index contributed by atoms with van der Waals surface area (Å²) in [7, 11) is 0. The first kappa shape index (κ1) is 15.2. The number of fused-ring (bicyclic) bond motifs is 2. The molecule has 96 valence electrons. The van der Waals surface area contributed by atoms with E-state index in [-0.39, 0.29) is 21.8 Å². The standard InChI is InChI=1S/C9H4Cl8/c10-1-3-4(2-11)8(15)6(13)5(12)7(3,14)9(8,16)17/h1-2H2/t7-,8+. The second-order valence-electron chi connectivity index (χ2n) is 3.74. The molecule has 2 aliphatic rings. The van der Waals surface area contributed by atoms with E-state index in [1.165, 1.54) is 0 Å². The lowest BCUT2D eigenvalue weighted by atomic mass is 9.98. The first-order valence-electron chi connectivity index (χ1n) is 4.38. The van der Waals surface area contributed by atoms with Gasteiger partial charge in [0.05, 0.1) is 10.1 Å². The van der Waals surface area contributed by atoms with Gasteiger partial charge in [0.25, 0.3) is 0 Å². The van der Waals surface area contributed by atoms with E-state index in [1.54, 1.807) is 0 Å². The van der Waals surface area contributed by atoms with Gasteiger partial charge in [-0.2, -0.15) is 0 Å². The highest BCUT2D eigenvalue weighted by atomic mass is 35.5. The van der Waals surface area contributed by atoms with Crippen molar-refractivity contribution in [2.45, 2.75) is 14.1 Å². The van der Waals surface area contributed by atoms with E-state index in [1.807, 2.05) is 0 Å². The maximum absolute atomic E-state index is 6.44. The molecule has 0 aromatic heterocycles. The minimum atomic E-state index is -1.62. The monoisotopic (exact) mass is 392 g/mol. The number of hydrogen-bond acceptors (Lipinski definition) is 0. The summed E-state index contributed by atoms with van der Waals surface area (Å²) in [6.45, 7) is 0. The van der Waals surface area contributed by atoms with Crippen LogP contribution in [-0.2, 0) is 0 Å². The largest absolute Gasteiger partial charge is 0.173 e. The van der Waals surface area contributed by atoms with E-state index in [2.05, 4.69) is 0 Å². The molecule has 2 aliphatic carbocycles. The Labute approximate surface area is 139 Å². The Hall–Kier alpha value is 1.80. The molecule has 0 amide bonds. The lowest BCUT2D eigenvalue weighted by Crippen LogP contribution is -2.45. The molecule has 0 fully saturated rings. The lowest BCUT2D eigenvalue weighted by molar-refractivity contribution is 0.693. The van der Waals surface area contributed by atoms with E-state index < -0.39 is 14.1 Å². The normalized spacial score (nSPS) is 39.5. The Kier molecular flexibility index (Phi) is 3.93. The van der Waals surface area contributed by atoms with Crippen LogP contribution < -0.4 is 0 Å². The van der Waals surface area contributed by atoms with E-state index in [4.69, 9.17) is 92.8 Å². The van der Waals surface area contributed by atoms with Crippen LogP contribution in [0.2, 0.25) is 0 Å². The van der Waals surface area contributed by atoms with E-state index in [0.29, 0.717) is 11.1 Å². The van der Waals surface area contributed by atoms with Crippen LogP contribution in [0.25, 0.3) is 0 Å². The fourth-order valence-corrected chi connectivity index (χ4v) is 5.88. The number of hydrogen-bond donors (Lipinski definition) is 0. The van der Waals surface area contributed by atoms with Crippen molar-refractivity contribution in [3.63, 3.8) is 0 Å². The quantitative estimate of drug-likeness (QED) is 0.421. The molecule has 0 radical (unpaired) electrons. The number of rotatable bonds is 2. The molecule has 0 nitrogen and oxygen atoms in total. The Bertz CT molecular complexity index is 412. The van der Waals surface area contributed by atoms with Crippen molar-refractivity contribution in [3.8, 4) is 0 Å². The SMILES string of the molecule is ClCC1=C(CCl)[C@@]2(Cl)C(Cl)=C(Cl)[C@]1(Cl)C2(Cl)Cl. The van der Waals surface area contributed by atoms with E-state index in [0.717, 1.165) is 0 Å².